The molecule has 0 aliphatic rings. The van der Waals surface area contributed by atoms with Crippen LogP contribution in [0.5, 0.6) is 0 Å². The van der Waals surface area contributed by atoms with Crippen LogP contribution in [0, 0.1) is 17.2 Å². The molecule has 21 heavy (non-hydrogen) atoms. The highest BCUT2D eigenvalue weighted by molar-refractivity contribution is 7.95. The maximum Gasteiger partial charge on any atom is 0.179 e. The number of hydrogen-bond donors (Lipinski definition) is 0. The van der Waals surface area contributed by atoms with Crippen LogP contribution in [0.1, 0.15) is 26.3 Å². The van der Waals surface area contributed by atoms with Gasteiger partial charge in [0.25, 0.3) is 0 Å². The zero-order valence-corrected chi connectivity index (χ0v) is 13.9. The number of nitrogens with zero attached hydrogens (tertiary/aromatic N) is 1. The van der Waals surface area contributed by atoms with E-state index in [-0.39, 0.29) is 10.8 Å². The molecule has 7 heteroatoms. The minimum atomic E-state index is -3.67. The summed E-state index contributed by atoms with van der Waals surface area (Å²) in [6, 6.07) is 7.35. The van der Waals surface area contributed by atoms with E-state index in [1.54, 1.807) is 20.8 Å². The highest BCUT2D eigenvalue weighted by Crippen LogP contribution is 2.16. The van der Waals surface area contributed by atoms with Gasteiger partial charge in [-0.25, -0.2) is 16.8 Å². The van der Waals surface area contributed by atoms with Crippen molar-refractivity contribution in [1.29, 1.82) is 5.26 Å². The molecule has 0 aliphatic carbocycles. The van der Waals surface area contributed by atoms with Gasteiger partial charge in [0, 0.05) is 0 Å². The number of hydrogen-bond acceptors (Lipinski definition) is 5. The summed E-state index contributed by atoms with van der Waals surface area (Å²) in [7, 11) is -7.11. The molecule has 0 N–H and O–H groups in total. The third kappa shape index (κ3) is 4.55. The van der Waals surface area contributed by atoms with Crippen LogP contribution in [0.25, 0.3) is 0 Å². The predicted molar refractivity (Wildman–Crippen MR) is 81.3 cm³/mol. The molecule has 0 radical (unpaired) electrons. The number of sulfone groups is 2. The molecule has 1 unspecified atom stereocenters. The molecule has 1 rings (SSSR count). The van der Waals surface area contributed by atoms with Gasteiger partial charge in [0.1, 0.15) is 0 Å². The molecule has 1 atom stereocenters. The third-order valence-electron chi connectivity index (χ3n) is 3.48. The van der Waals surface area contributed by atoms with Crippen LogP contribution in [-0.2, 0) is 19.7 Å². The number of rotatable bonds is 6. The topological polar surface area (TPSA) is 92.1 Å². The summed E-state index contributed by atoms with van der Waals surface area (Å²) in [5.74, 6) is -0.903. The summed E-state index contributed by atoms with van der Waals surface area (Å²) in [4.78, 5) is 0.0360. The highest BCUT2D eigenvalue weighted by atomic mass is 32.2. The second-order valence-corrected chi connectivity index (χ2v) is 9.86. The fourth-order valence-corrected chi connectivity index (χ4v) is 5.48. The van der Waals surface area contributed by atoms with Gasteiger partial charge in [0.15, 0.2) is 19.7 Å². The first-order valence-corrected chi connectivity index (χ1v) is 9.91. The summed E-state index contributed by atoms with van der Waals surface area (Å²) in [5.41, 5.74) is 0.356. The molecule has 0 saturated heterocycles. The molecule has 0 bridgehead atoms. The van der Waals surface area contributed by atoms with Crippen LogP contribution >= 0.6 is 0 Å². The van der Waals surface area contributed by atoms with E-state index in [9.17, 15) is 16.8 Å². The van der Waals surface area contributed by atoms with Gasteiger partial charge in [-0.15, -0.1) is 0 Å². The van der Waals surface area contributed by atoms with Crippen LogP contribution in [0.15, 0.2) is 29.2 Å². The van der Waals surface area contributed by atoms with Crippen molar-refractivity contribution in [2.45, 2.75) is 30.9 Å². The summed E-state index contributed by atoms with van der Waals surface area (Å²) >= 11 is 0. The maximum absolute atomic E-state index is 12.1. The van der Waals surface area contributed by atoms with Crippen molar-refractivity contribution in [3.8, 4) is 6.07 Å². The first kappa shape index (κ1) is 17.7. The molecule has 1 aromatic carbocycles. The molecule has 0 aromatic heterocycles. The molecule has 0 heterocycles. The average molecular weight is 329 g/mol. The molecular weight excluding hydrogens is 310 g/mol. The Hall–Kier alpha value is -1.39. The molecule has 0 fully saturated rings. The molecule has 0 spiro atoms. The van der Waals surface area contributed by atoms with Crippen molar-refractivity contribution in [2.24, 2.45) is 5.92 Å². The summed E-state index contributed by atoms with van der Waals surface area (Å²) in [6.45, 7) is 5.17. The van der Waals surface area contributed by atoms with Gasteiger partial charge in [-0.2, -0.15) is 5.26 Å². The molecule has 5 nitrogen and oxygen atoms in total. The zero-order chi connectivity index (χ0) is 16.3. The van der Waals surface area contributed by atoms with Gasteiger partial charge in [0.05, 0.1) is 33.3 Å². The molecule has 1 aromatic rings. The standard InChI is InChI=1S/C14H19NO4S2/c1-11(2)12(3)20(16,17)8-9-21(18,19)14-6-4-13(10-15)5-7-14/h4-7,11-12H,8-9H2,1-3H3. The van der Waals surface area contributed by atoms with Gasteiger partial charge in [-0.3, -0.25) is 0 Å². The van der Waals surface area contributed by atoms with Gasteiger partial charge < -0.3 is 0 Å². The van der Waals surface area contributed by atoms with Gasteiger partial charge >= 0.3 is 0 Å². The first-order valence-electron chi connectivity index (χ1n) is 6.54. The van der Waals surface area contributed by atoms with Crippen molar-refractivity contribution in [3.63, 3.8) is 0 Å². The number of nitriles is 1. The van der Waals surface area contributed by atoms with E-state index in [2.05, 4.69) is 0 Å². The maximum atomic E-state index is 12.1. The van der Waals surface area contributed by atoms with Gasteiger partial charge in [0.2, 0.25) is 0 Å². The van der Waals surface area contributed by atoms with E-state index < -0.39 is 36.4 Å². The molecule has 0 saturated carbocycles. The monoisotopic (exact) mass is 329 g/mol. The minimum Gasteiger partial charge on any atom is -0.229 e. The second-order valence-electron chi connectivity index (χ2n) is 5.27. The molecular formula is C14H19NO4S2. The molecule has 116 valence electrons. The normalized spacial score (nSPS) is 13.9. The van der Waals surface area contributed by atoms with E-state index in [4.69, 9.17) is 5.26 Å². The van der Waals surface area contributed by atoms with E-state index in [0.717, 1.165) is 0 Å². The average Bonchev–Trinajstić information content (AvgIpc) is 2.44. The highest BCUT2D eigenvalue weighted by Gasteiger charge is 2.26. The zero-order valence-electron chi connectivity index (χ0n) is 12.3. The lowest BCUT2D eigenvalue weighted by Gasteiger charge is -2.16. The van der Waals surface area contributed by atoms with Crippen LogP contribution in [0.2, 0.25) is 0 Å². The van der Waals surface area contributed by atoms with Gasteiger partial charge in [-0.05, 0) is 37.1 Å². The smallest absolute Gasteiger partial charge is 0.179 e. The first-order chi connectivity index (χ1) is 9.60. The fourth-order valence-electron chi connectivity index (χ4n) is 1.68. The van der Waals surface area contributed by atoms with E-state index in [1.807, 2.05) is 6.07 Å². The fraction of sp³-hybridized carbons (Fsp3) is 0.500. The summed E-state index contributed by atoms with van der Waals surface area (Å²) in [6.07, 6.45) is 0. The molecule has 0 amide bonds. The van der Waals surface area contributed by atoms with Crippen molar-refractivity contribution in [2.75, 3.05) is 11.5 Å². The van der Waals surface area contributed by atoms with Crippen LogP contribution in [-0.4, -0.2) is 33.6 Å². The Labute approximate surface area is 126 Å². The number of benzene rings is 1. The van der Waals surface area contributed by atoms with Crippen molar-refractivity contribution in [1.82, 2.24) is 0 Å². The van der Waals surface area contributed by atoms with Gasteiger partial charge in [-0.1, -0.05) is 13.8 Å². The largest absolute Gasteiger partial charge is 0.229 e. The lowest BCUT2D eigenvalue weighted by molar-refractivity contribution is 0.545. The Morgan fingerprint density at radius 3 is 1.95 bits per heavy atom. The Morgan fingerprint density at radius 2 is 1.52 bits per heavy atom. The second kappa shape index (κ2) is 6.58. The lowest BCUT2D eigenvalue weighted by atomic mass is 10.2. The molecule has 0 aliphatic heterocycles. The minimum absolute atomic E-state index is 0.0360. The van der Waals surface area contributed by atoms with Crippen molar-refractivity contribution in [3.05, 3.63) is 29.8 Å². The predicted octanol–water partition coefficient (Wildman–Crippen LogP) is 1.79. The van der Waals surface area contributed by atoms with Crippen molar-refractivity contribution < 1.29 is 16.8 Å². The van der Waals surface area contributed by atoms with Crippen LogP contribution in [0.3, 0.4) is 0 Å². The van der Waals surface area contributed by atoms with Crippen LogP contribution < -0.4 is 0 Å². The van der Waals surface area contributed by atoms with E-state index >= 15 is 0 Å². The Morgan fingerprint density at radius 1 is 1.00 bits per heavy atom. The third-order valence-corrected chi connectivity index (χ3v) is 7.93. The summed E-state index contributed by atoms with van der Waals surface area (Å²) in [5, 5.41) is 8.10. The summed E-state index contributed by atoms with van der Waals surface area (Å²) < 4.78 is 48.3. The Bertz CT molecular complexity index is 726. The van der Waals surface area contributed by atoms with E-state index in [1.165, 1.54) is 24.3 Å². The van der Waals surface area contributed by atoms with E-state index in [0.29, 0.717) is 5.56 Å². The van der Waals surface area contributed by atoms with Crippen LogP contribution in [0.4, 0.5) is 0 Å². The SMILES string of the molecule is CC(C)C(C)S(=O)(=O)CCS(=O)(=O)c1ccc(C#N)cc1. The Kier molecular flexibility index (Phi) is 5.54. The Balaban J connectivity index is 2.89. The van der Waals surface area contributed by atoms with Crippen molar-refractivity contribution >= 4 is 19.7 Å². The lowest BCUT2D eigenvalue weighted by Crippen LogP contribution is -2.29. The quantitative estimate of drug-likeness (QED) is 0.793.